The summed E-state index contributed by atoms with van der Waals surface area (Å²) in [6, 6.07) is 0. The summed E-state index contributed by atoms with van der Waals surface area (Å²) in [7, 11) is -1.34. The lowest BCUT2D eigenvalue weighted by Gasteiger charge is -2.46. The largest absolute Gasteiger partial charge is 0.397 e. The molecule has 10 nitrogen and oxygen atoms in total. The Balaban J connectivity index is 3.06. The van der Waals surface area contributed by atoms with Crippen molar-refractivity contribution in [3.63, 3.8) is 0 Å². The van der Waals surface area contributed by atoms with E-state index in [2.05, 4.69) is 0 Å². The molecule has 1 aromatic carbocycles. The van der Waals surface area contributed by atoms with Gasteiger partial charge in [-0.2, -0.15) is 0 Å². The molecule has 1 aliphatic heterocycles. The summed E-state index contributed by atoms with van der Waals surface area (Å²) in [5, 5.41) is 5.94. The lowest BCUT2D eigenvalue weighted by atomic mass is 9.88. The molecule has 1 unspecified atom stereocenters. The summed E-state index contributed by atoms with van der Waals surface area (Å²) in [5.74, 6) is 0. The molecule has 0 aromatic heterocycles. The van der Waals surface area contributed by atoms with Gasteiger partial charge in [0.2, 0.25) is 0 Å². The molecule has 0 bridgehead atoms. The first-order valence-corrected chi connectivity index (χ1v) is 6.78. The van der Waals surface area contributed by atoms with Crippen molar-refractivity contribution in [1.29, 1.82) is 0 Å². The van der Waals surface area contributed by atoms with Crippen LogP contribution in [0, 0.1) is 0 Å². The quantitative estimate of drug-likeness (QED) is 0.127. The average molecular weight is 300 g/mol. The minimum Gasteiger partial charge on any atom is -0.397 e. The van der Waals surface area contributed by atoms with Gasteiger partial charge < -0.3 is 45.9 Å². The van der Waals surface area contributed by atoms with E-state index in [0.717, 1.165) is 0 Å². The lowest BCUT2D eigenvalue weighted by Crippen LogP contribution is -2.75. The maximum Gasteiger partial charge on any atom is 0.157 e. The van der Waals surface area contributed by atoms with E-state index in [1.165, 1.54) is 0 Å². The fourth-order valence-corrected chi connectivity index (χ4v) is 3.45. The van der Waals surface area contributed by atoms with Crippen molar-refractivity contribution >= 4 is 38.4 Å². The average Bonchev–Trinajstić information content (AvgIpc) is 2.36. The van der Waals surface area contributed by atoms with Crippen LogP contribution in [-0.4, -0.2) is 9.98 Å². The Morgan fingerprint density at radius 1 is 0.700 bits per heavy atom. The second-order valence-corrected chi connectivity index (χ2v) is 6.56. The lowest BCUT2D eigenvalue weighted by molar-refractivity contribution is 0.337. The van der Waals surface area contributed by atoms with Crippen molar-refractivity contribution < 1.29 is 0 Å². The summed E-state index contributed by atoms with van der Waals surface area (Å²) in [6.07, 6.45) is 0. The first kappa shape index (κ1) is 14.8. The van der Waals surface area contributed by atoms with Gasteiger partial charge in [0.1, 0.15) is 5.66 Å². The SMILES string of the molecule is NC1=S(N)C(N)(N)C(N)(N)c2c(N)c(N)c(N)c(N)c21. The second-order valence-electron chi connectivity index (χ2n) is 4.77. The van der Waals surface area contributed by atoms with Crippen LogP contribution < -0.4 is 56.7 Å². The first-order chi connectivity index (χ1) is 8.96. The number of fused-ring (bicyclic) bond motifs is 1. The van der Waals surface area contributed by atoms with Crippen LogP contribution >= 0.6 is 10.7 Å². The third kappa shape index (κ3) is 1.47. The smallest absolute Gasteiger partial charge is 0.157 e. The van der Waals surface area contributed by atoms with Crippen LogP contribution in [0.15, 0.2) is 0 Å². The predicted molar refractivity (Wildman–Crippen MR) is 85.3 cm³/mol. The topological polar surface area (TPSA) is 260 Å². The van der Waals surface area contributed by atoms with Crippen molar-refractivity contribution in [2.24, 2.45) is 33.8 Å². The van der Waals surface area contributed by atoms with Crippen LogP contribution in [0.25, 0.3) is 0 Å². The van der Waals surface area contributed by atoms with Crippen molar-refractivity contribution in [2.75, 3.05) is 22.9 Å². The maximum absolute atomic E-state index is 6.06. The van der Waals surface area contributed by atoms with Gasteiger partial charge in [0.15, 0.2) is 4.99 Å². The minimum absolute atomic E-state index is 0.0385. The molecule has 2 rings (SSSR count). The number of hydrogen-bond donors (Lipinski definition) is 10. The number of nitrogens with two attached hydrogens (primary N) is 10. The Labute approximate surface area is 117 Å². The summed E-state index contributed by atoms with van der Waals surface area (Å²) in [5.41, 5.74) is 52.4. The van der Waals surface area contributed by atoms with Gasteiger partial charge in [-0.3, -0.25) is 10.9 Å². The highest BCUT2D eigenvalue weighted by atomic mass is 32.2. The van der Waals surface area contributed by atoms with Gasteiger partial charge in [-0.1, -0.05) is 10.7 Å². The van der Waals surface area contributed by atoms with Gasteiger partial charge in [-0.15, -0.1) is 0 Å². The van der Waals surface area contributed by atoms with Crippen LogP contribution in [0.1, 0.15) is 11.1 Å². The number of rotatable bonds is 0. The van der Waals surface area contributed by atoms with Crippen molar-refractivity contribution in [3.8, 4) is 0 Å². The summed E-state index contributed by atoms with van der Waals surface area (Å²) in [4.78, 5) is -1.58. The molecule has 0 spiro atoms. The predicted octanol–water partition coefficient (Wildman–Crippen LogP) is -3.75. The molecule has 20 N–H and O–H groups in total. The van der Waals surface area contributed by atoms with E-state index >= 15 is 0 Å². The fourth-order valence-electron chi connectivity index (χ4n) is 2.18. The zero-order valence-electron chi connectivity index (χ0n) is 10.7. The van der Waals surface area contributed by atoms with Crippen molar-refractivity contribution in [3.05, 3.63) is 11.1 Å². The molecule has 0 amide bonds. The van der Waals surface area contributed by atoms with Crippen molar-refractivity contribution in [2.45, 2.75) is 10.7 Å². The molecule has 0 saturated carbocycles. The Morgan fingerprint density at radius 2 is 1.15 bits per heavy atom. The second kappa shape index (κ2) is 3.95. The van der Waals surface area contributed by atoms with Crippen LogP contribution in [0.2, 0.25) is 0 Å². The molecule has 1 atom stereocenters. The maximum atomic E-state index is 6.06. The molecular formula is C9H20N10S. The third-order valence-electron chi connectivity index (χ3n) is 3.57. The van der Waals surface area contributed by atoms with Gasteiger partial charge in [-0.05, 0) is 0 Å². The summed E-state index contributed by atoms with van der Waals surface area (Å²) >= 11 is 0. The monoisotopic (exact) mass is 300 g/mol. The fraction of sp³-hybridized carbons (Fsp3) is 0.222. The molecule has 1 aromatic rings. The highest BCUT2D eigenvalue weighted by molar-refractivity contribution is 8.15. The standard InChI is InChI=1S/C9H20N10S/c10-3-1-2(4(11)6(13)5(3)12)8(15,16)9(17,18)20(19)7(1)14/h10-19H2. The Kier molecular flexibility index (Phi) is 2.93. The Morgan fingerprint density at radius 3 is 1.65 bits per heavy atom. The molecule has 11 heteroatoms. The van der Waals surface area contributed by atoms with Gasteiger partial charge in [0.05, 0.1) is 27.7 Å². The molecule has 0 fully saturated rings. The number of anilines is 4. The molecule has 0 radical (unpaired) electrons. The highest BCUT2D eigenvalue weighted by Gasteiger charge is 2.51. The van der Waals surface area contributed by atoms with E-state index in [0.29, 0.717) is 0 Å². The molecule has 112 valence electrons. The van der Waals surface area contributed by atoms with E-state index in [1.807, 2.05) is 0 Å². The van der Waals surface area contributed by atoms with E-state index in [9.17, 15) is 0 Å². The van der Waals surface area contributed by atoms with Gasteiger partial charge in [-0.25, -0.2) is 0 Å². The summed E-state index contributed by atoms with van der Waals surface area (Å²) in [6.45, 7) is 0. The zero-order chi connectivity index (χ0) is 15.6. The van der Waals surface area contributed by atoms with Gasteiger partial charge in [0, 0.05) is 11.1 Å². The highest BCUT2D eigenvalue weighted by Crippen LogP contribution is 2.47. The number of hydrogen-bond acceptors (Lipinski definition) is 10. The zero-order valence-corrected chi connectivity index (χ0v) is 11.5. The van der Waals surface area contributed by atoms with Crippen molar-refractivity contribution in [1.82, 2.24) is 0 Å². The van der Waals surface area contributed by atoms with E-state index < -0.39 is 21.3 Å². The molecule has 1 heterocycles. The van der Waals surface area contributed by atoms with Gasteiger partial charge in [0.25, 0.3) is 0 Å². The minimum atomic E-state index is -1.77. The van der Waals surface area contributed by atoms with E-state index in [-0.39, 0.29) is 38.9 Å². The van der Waals surface area contributed by atoms with E-state index in [4.69, 9.17) is 56.7 Å². The summed E-state index contributed by atoms with van der Waals surface area (Å²) < 4.78 is 0. The van der Waals surface area contributed by atoms with Gasteiger partial charge >= 0.3 is 0 Å². The Hall–Kier alpha value is -1.60. The molecular weight excluding hydrogens is 280 g/mol. The number of benzene rings is 1. The third-order valence-corrected chi connectivity index (χ3v) is 5.31. The van der Waals surface area contributed by atoms with Crippen LogP contribution in [0.3, 0.4) is 0 Å². The molecule has 0 aliphatic carbocycles. The molecule has 20 heavy (non-hydrogen) atoms. The molecule has 1 aliphatic rings. The molecule has 0 saturated heterocycles. The van der Waals surface area contributed by atoms with Crippen LogP contribution in [-0.2, 0) is 5.66 Å². The number of nitrogen functional groups attached to an aromatic ring is 4. The first-order valence-electron chi connectivity index (χ1n) is 5.49. The van der Waals surface area contributed by atoms with Crippen LogP contribution in [0.4, 0.5) is 22.7 Å². The van der Waals surface area contributed by atoms with E-state index in [1.54, 1.807) is 0 Å². The Bertz CT molecular complexity index is 647. The van der Waals surface area contributed by atoms with Crippen LogP contribution in [0.5, 0.6) is 0 Å². The normalized spacial score (nSPS) is 23.5.